The van der Waals surface area contributed by atoms with Gasteiger partial charge in [0.05, 0.1) is 0 Å². The molecule has 0 aromatic rings. The lowest BCUT2D eigenvalue weighted by atomic mass is 9.67. The van der Waals surface area contributed by atoms with Crippen LogP contribution in [0, 0.1) is 11.3 Å². The smallest absolute Gasteiger partial charge is 0.225 e. The van der Waals surface area contributed by atoms with Crippen LogP contribution in [0.1, 0.15) is 51.9 Å². The van der Waals surface area contributed by atoms with Crippen LogP contribution in [0.3, 0.4) is 0 Å². The summed E-state index contributed by atoms with van der Waals surface area (Å²) < 4.78 is 5.29. The summed E-state index contributed by atoms with van der Waals surface area (Å²) in [5.41, 5.74) is 0.349. The van der Waals surface area contributed by atoms with Crippen molar-refractivity contribution < 1.29 is 9.53 Å². The summed E-state index contributed by atoms with van der Waals surface area (Å²) in [4.78, 5) is 21.8. The SMILES string of the molecule is CCNC(=NCC1(CCOC)CCC1)NCCN1CCN(C(=O)C2CCC2)CC1.I. The van der Waals surface area contributed by atoms with Crippen LogP contribution in [0.25, 0.3) is 0 Å². The Morgan fingerprint density at radius 3 is 2.40 bits per heavy atom. The first-order chi connectivity index (χ1) is 14.2. The molecule has 8 heteroatoms. The standard InChI is InChI=1S/C22H41N5O2.HI/c1-3-23-21(25-18-22(8-5-9-22)10-17-29-2)24-11-12-26-13-15-27(16-14-26)20(28)19-6-4-7-19;/h19H,3-18H2,1-2H3,(H2,23,24,25);1H. The summed E-state index contributed by atoms with van der Waals surface area (Å²) in [6.07, 6.45) is 8.39. The molecule has 0 bridgehead atoms. The van der Waals surface area contributed by atoms with Crippen LogP contribution in [0.4, 0.5) is 0 Å². The van der Waals surface area contributed by atoms with Crippen LogP contribution in [0.2, 0.25) is 0 Å². The maximum absolute atomic E-state index is 12.4. The fourth-order valence-corrected chi connectivity index (χ4v) is 4.51. The van der Waals surface area contributed by atoms with Crippen LogP contribution in [-0.2, 0) is 9.53 Å². The van der Waals surface area contributed by atoms with Gasteiger partial charge in [-0.2, -0.15) is 0 Å². The van der Waals surface area contributed by atoms with Gasteiger partial charge in [0.1, 0.15) is 0 Å². The molecule has 0 radical (unpaired) electrons. The van der Waals surface area contributed by atoms with E-state index in [0.29, 0.717) is 17.2 Å². The Morgan fingerprint density at radius 1 is 1.13 bits per heavy atom. The molecule has 3 fully saturated rings. The minimum Gasteiger partial charge on any atom is -0.385 e. The molecule has 3 rings (SSSR count). The number of rotatable bonds is 10. The Hall–Kier alpha value is -0.610. The number of nitrogens with one attached hydrogen (secondary N) is 2. The van der Waals surface area contributed by atoms with Crippen LogP contribution in [0.5, 0.6) is 0 Å². The van der Waals surface area contributed by atoms with Gasteiger partial charge in [0.2, 0.25) is 5.91 Å². The number of nitrogens with zero attached hydrogens (tertiary/aromatic N) is 3. The lowest BCUT2D eigenvalue weighted by molar-refractivity contribution is -0.139. The van der Waals surface area contributed by atoms with Crippen molar-refractivity contribution in [1.29, 1.82) is 0 Å². The highest BCUT2D eigenvalue weighted by molar-refractivity contribution is 14.0. The number of ether oxygens (including phenoxy) is 1. The van der Waals surface area contributed by atoms with Gasteiger partial charge >= 0.3 is 0 Å². The van der Waals surface area contributed by atoms with Crippen LogP contribution >= 0.6 is 24.0 Å². The molecule has 2 aliphatic carbocycles. The minimum atomic E-state index is 0. The van der Waals surface area contributed by atoms with E-state index in [4.69, 9.17) is 9.73 Å². The lowest BCUT2D eigenvalue weighted by Crippen LogP contribution is -2.52. The molecule has 0 aromatic heterocycles. The zero-order valence-electron chi connectivity index (χ0n) is 19.0. The Balaban J connectivity index is 0.00000320. The molecule has 1 amide bonds. The van der Waals surface area contributed by atoms with Gasteiger partial charge in [-0.3, -0.25) is 14.7 Å². The van der Waals surface area contributed by atoms with Crippen LogP contribution < -0.4 is 10.6 Å². The molecule has 1 heterocycles. The van der Waals surface area contributed by atoms with E-state index < -0.39 is 0 Å². The van der Waals surface area contributed by atoms with Crippen molar-refractivity contribution in [2.75, 3.05) is 66.1 Å². The number of carbonyl (C=O) groups is 1. The lowest BCUT2D eigenvalue weighted by Gasteiger charge is -2.41. The van der Waals surface area contributed by atoms with E-state index in [2.05, 4.69) is 27.4 Å². The van der Waals surface area contributed by atoms with Crippen LogP contribution in [-0.4, -0.2) is 87.7 Å². The van der Waals surface area contributed by atoms with Gasteiger partial charge in [-0.05, 0) is 44.4 Å². The molecule has 7 nitrogen and oxygen atoms in total. The molecule has 0 aromatic carbocycles. The Morgan fingerprint density at radius 2 is 1.87 bits per heavy atom. The summed E-state index contributed by atoms with van der Waals surface area (Å²) >= 11 is 0. The molecular formula is C22H42IN5O2. The number of halogens is 1. The predicted octanol–water partition coefficient (Wildman–Crippen LogP) is 2.31. The molecule has 0 unspecified atom stereocenters. The molecule has 2 N–H and O–H groups in total. The molecular weight excluding hydrogens is 493 g/mol. The van der Waals surface area contributed by atoms with E-state index >= 15 is 0 Å². The number of aliphatic imine (C=N–C) groups is 1. The average molecular weight is 536 g/mol. The van der Waals surface area contributed by atoms with Gasteiger partial charge in [0.15, 0.2) is 5.96 Å². The van der Waals surface area contributed by atoms with Gasteiger partial charge in [-0.25, -0.2) is 0 Å². The van der Waals surface area contributed by atoms with E-state index in [1.54, 1.807) is 7.11 Å². The average Bonchev–Trinajstić information content (AvgIpc) is 2.66. The van der Waals surface area contributed by atoms with Crippen molar-refractivity contribution in [2.24, 2.45) is 16.3 Å². The van der Waals surface area contributed by atoms with Crippen molar-refractivity contribution in [3.05, 3.63) is 0 Å². The molecule has 0 spiro atoms. The second kappa shape index (κ2) is 13.1. The molecule has 0 atom stereocenters. The first kappa shape index (κ1) is 25.6. The predicted molar refractivity (Wildman–Crippen MR) is 133 cm³/mol. The Labute approximate surface area is 199 Å². The summed E-state index contributed by atoms with van der Waals surface area (Å²) in [5.74, 6) is 1.65. The van der Waals surface area contributed by atoms with Crippen molar-refractivity contribution >= 4 is 35.8 Å². The largest absolute Gasteiger partial charge is 0.385 e. The highest BCUT2D eigenvalue weighted by Crippen LogP contribution is 2.44. The maximum atomic E-state index is 12.4. The summed E-state index contributed by atoms with van der Waals surface area (Å²) in [7, 11) is 1.78. The molecule has 3 aliphatic rings. The topological polar surface area (TPSA) is 69.2 Å². The third-order valence-corrected chi connectivity index (χ3v) is 7.03. The van der Waals surface area contributed by atoms with Crippen molar-refractivity contribution in [3.8, 4) is 0 Å². The highest BCUT2D eigenvalue weighted by Gasteiger charge is 2.36. The summed E-state index contributed by atoms with van der Waals surface area (Å²) in [5, 5.41) is 6.88. The second-order valence-corrected chi connectivity index (χ2v) is 9.01. The summed E-state index contributed by atoms with van der Waals surface area (Å²) in [6.45, 7) is 10.3. The zero-order valence-corrected chi connectivity index (χ0v) is 21.3. The maximum Gasteiger partial charge on any atom is 0.225 e. The van der Waals surface area contributed by atoms with Gasteiger partial charge in [-0.15, -0.1) is 24.0 Å². The third-order valence-electron chi connectivity index (χ3n) is 7.03. The van der Waals surface area contributed by atoms with Gasteiger partial charge in [0.25, 0.3) is 0 Å². The second-order valence-electron chi connectivity index (χ2n) is 9.01. The number of methoxy groups -OCH3 is 1. The minimum absolute atomic E-state index is 0. The zero-order chi connectivity index (χ0) is 20.5. The molecule has 30 heavy (non-hydrogen) atoms. The van der Waals surface area contributed by atoms with E-state index in [-0.39, 0.29) is 24.0 Å². The van der Waals surface area contributed by atoms with Gasteiger partial charge < -0.3 is 20.3 Å². The first-order valence-electron chi connectivity index (χ1n) is 11.7. The number of hydrogen-bond donors (Lipinski definition) is 2. The number of hydrogen-bond acceptors (Lipinski definition) is 4. The van der Waals surface area contributed by atoms with Crippen molar-refractivity contribution in [2.45, 2.75) is 51.9 Å². The van der Waals surface area contributed by atoms with E-state index in [1.165, 1.54) is 25.7 Å². The normalized spacial score (nSPS) is 21.9. The first-order valence-corrected chi connectivity index (χ1v) is 11.7. The van der Waals surface area contributed by atoms with E-state index in [1.807, 2.05) is 0 Å². The number of carbonyl (C=O) groups excluding carboxylic acids is 1. The Bertz CT molecular complexity index is 544. The monoisotopic (exact) mass is 535 g/mol. The fraction of sp³-hybridized carbons (Fsp3) is 0.909. The quantitative estimate of drug-likeness (QED) is 0.255. The summed E-state index contributed by atoms with van der Waals surface area (Å²) in [6, 6.07) is 0. The van der Waals surface area contributed by atoms with E-state index in [0.717, 1.165) is 84.2 Å². The van der Waals surface area contributed by atoms with Crippen LogP contribution in [0.15, 0.2) is 4.99 Å². The van der Waals surface area contributed by atoms with E-state index in [9.17, 15) is 4.79 Å². The molecule has 2 saturated carbocycles. The van der Waals surface area contributed by atoms with Gasteiger partial charge in [-0.1, -0.05) is 12.8 Å². The molecule has 1 aliphatic heterocycles. The van der Waals surface area contributed by atoms with Crippen molar-refractivity contribution in [1.82, 2.24) is 20.4 Å². The molecule has 1 saturated heterocycles. The number of piperazine rings is 1. The highest BCUT2D eigenvalue weighted by atomic mass is 127. The Kier molecular flexibility index (Phi) is 11.2. The fourth-order valence-electron chi connectivity index (χ4n) is 4.51. The molecule has 174 valence electrons. The number of amides is 1. The third kappa shape index (κ3) is 7.22. The van der Waals surface area contributed by atoms with Crippen molar-refractivity contribution in [3.63, 3.8) is 0 Å². The number of guanidine groups is 1. The van der Waals surface area contributed by atoms with Gasteiger partial charge in [0, 0.05) is 72.0 Å².